The van der Waals surface area contributed by atoms with Crippen LogP contribution in [0.5, 0.6) is 0 Å². The highest BCUT2D eigenvalue weighted by molar-refractivity contribution is 7.11. The zero-order chi connectivity index (χ0) is 15.4. The van der Waals surface area contributed by atoms with Crippen LogP contribution in [-0.4, -0.2) is 11.2 Å². The van der Waals surface area contributed by atoms with Crippen molar-refractivity contribution in [3.63, 3.8) is 0 Å². The van der Waals surface area contributed by atoms with Crippen molar-refractivity contribution >= 4 is 23.4 Å². The summed E-state index contributed by atoms with van der Waals surface area (Å²) in [5.74, 6) is 0.633. The lowest BCUT2D eigenvalue weighted by Crippen LogP contribution is -1.91. The van der Waals surface area contributed by atoms with E-state index in [2.05, 4.69) is 15.5 Å². The zero-order valence-corrected chi connectivity index (χ0v) is 12.6. The molecule has 0 saturated heterocycles. The maximum Gasteiger partial charge on any atom is 0.252 e. The number of benzene rings is 1. The van der Waals surface area contributed by atoms with Gasteiger partial charge < -0.3 is 4.42 Å². The highest BCUT2D eigenvalue weighted by atomic mass is 32.1. The van der Waals surface area contributed by atoms with Crippen LogP contribution in [0.2, 0.25) is 0 Å². The first-order chi connectivity index (χ1) is 10.8. The van der Waals surface area contributed by atoms with Crippen molar-refractivity contribution in [2.45, 2.75) is 6.92 Å². The van der Waals surface area contributed by atoms with Crippen LogP contribution >= 0.6 is 11.3 Å². The number of rotatable bonds is 4. The predicted octanol–water partition coefficient (Wildman–Crippen LogP) is 4.03. The van der Waals surface area contributed by atoms with E-state index in [0.29, 0.717) is 5.89 Å². The van der Waals surface area contributed by atoms with Gasteiger partial charge in [-0.25, -0.2) is 5.43 Å². The SMILES string of the molecule is Cc1ccsc1C=NNc1oc(-c2ccccc2)nc1C#N. The first kappa shape index (κ1) is 14.0. The molecule has 22 heavy (non-hydrogen) atoms. The molecule has 0 unspecified atom stereocenters. The topological polar surface area (TPSA) is 74.2 Å². The molecule has 2 aromatic heterocycles. The Kier molecular flexibility index (Phi) is 3.99. The molecule has 1 N–H and O–H groups in total. The number of aryl methyl sites for hydroxylation is 1. The van der Waals surface area contributed by atoms with Gasteiger partial charge in [-0.05, 0) is 36.1 Å². The number of aromatic nitrogens is 1. The smallest absolute Gasteiger partial charge is 0.252 e. The maximum atomic E-state index is 9.14. The fraction of sp³-hybridized carbons (Fsp3) is 0.0625. The average Bonchev–Trinajstić information content (AvgIpc) is 3.15. The number of nitrogens with zero attached hydrogens (tertiary/aromatic N) is 3. The quantitative estimate of drug-likeness (QED) is 0.583. The lowest BCUT2D eigenvalue weighted by atomic mass is 10.2. The van der Waals surface area contributed by atoms with Crippen molar-refractivity contribution in [2.75, 3.05) is 5.43 Å². The predicted molar refractivity (Wildman–Crippen MR) is 86.9 cm³/mol. The van der Waals surface area contributed by atoms with E-state index < -0.39 is 0 Å². The van der Waals surface area contributed by atoms with Crippen LogP contribution in [0.1, 0.15) is 16.1 Å². The van der Waals surface area contributed by atoms with Crippen molar-refractivity contribution in [1.29, 1.82) is 5.26 Å². The molecule has 1 aromatic carbocycles. The minimum atomic E-state index is 0.180. The van der Waals surface area contributed by atoms with Crippen LogP contribution in [0.4, 0.5) is 5.88 Å². The van der Waals surface area contributed by atoms with Gasteiger partial charge in [-0.15, -0.1) is 11.3 Å². The van der Waals surface area contributed by atoms with E-state index in [1.807, 2.05) is 54.8 Å². The largest absolute Gasteiger partial charge is 0.417 e. The normalized spacial score (nSPS) is 10.7. The lowest BCUT2D eigenvalue weighted by molar-refractivity contribution is 0.587. The zero-order valence-electron chi connectivity index (χ0n) is 11.8. The number of nitriles is 1. The van der Waals surface area contributed by atoms with Crippen LogP contribution in [0.3, 0.4) is 0 Å². The van der Waals surface area contributed by atoms with Crippen LogP contribution in [0, 0.1) is 18.3 Å². The molecule has 0 radical (unpaired) electrons. The molecule has 0 atom stereocenters. The molecular weight excluding hydrogens is 296 g/mol. The number of hydrogen-bond donors (Lipinski definition) is 1. The fourth-order valence-electron chi connectivity index (χ4n) is 1.84. The highest BCUT2D eigenvalue weighted by Crippen LogP contribution is 2.25. The standard InChI is InChI=1S/C16H12N4OS/c1-11-7-8-22-14(11)10-18-20-16-13(9-17)19-15(21-16)12-5-3-2-4-6-12/h2-8,10,20H,1H3. The number of hydrogen-bond acceptors (Lipinski definition) is 6. The van der Waals surface area contributed by atoms with E-state index in [4.69, 9.17) is 9.68 Å². The Morgan fingerprint density at radius 3 is 2.82 bits per heavy atom. The summed E-state index contributed by atoms with van der Waals surface area (Å²) in [6.07, 6.45) is 1.70. The first-order valence-corrected chi connectivity index (χ1v) is 7.45. The summed E-state index contributed by atoms with van der Waals surface area (Å²) in [5, 5.41) is 15.3. The molecule has 0 bridgehead atoms. The maximum absolute atomic E-state index is 9.14. The summed E-state index contributed by atoms with van der Waals surface area (Å²) in [6, 6.07) is 13.4. The van der Waals surface area contributed by atoms with Crippen LogP contribution in [-0.2, 0) is 0 Å². The van der Waals surface area contributed by atoms with Crippen molar-refractivity contribution in [3.8, 4) is 17.5 Å². The molecule has 0 amide bonds. The van der Waals surface area contributed by atoms with E-state index in [1.165, 1.54) is 0 Å². The summed E-state index contributed by atoms with van der Waals surface area (Å²) in [7, 11) is 0. The summed E-state index contributed by atoms with van der Waals surface area (Å²) in [4.78, 5) is 5.22. The molecule has 0 aliphatic rings. The molecule has 2 heterocycles. The summed E-state index contributed by atoms with van der Waals surface area (Å²) in [6.45, 7) is 2.01. The molecule has 5 nitrogen and oxygen atoms in total. The van der Waals surface area contributed by atoms with Crippen molar-refractivity contribution in [3.05, 3.63) is 57.9 Å². The van der Waals surface area contributed by atoms with Crippen LogP contribution in [0.25, 0.3) is 11.5 Å². The van der Waals surface area contributed by atoms with E-state index in [-0.39, 0.29) is 11.6 Å². The van der Waals surface area contributed by atoms with Gasteiger partial charge in [0.25, 0.3) is 5.88 Å². The number of thiophene rings is 1. The molecule has 3 aromatic rings. The second kappa shape index (κ2) is 6.24. The fourth-order valence-corrected chi connectivity index (χ4v) is 2.63. The molecule has 0 aliphatic carbocycles. The van der Waals surface area contributed by atoms with E-state index in [0.717, 1.165) is 16.0 Å². The molecule has 0 spiro atoms. The van der Waals surface area contributed by atoms with E-state index in [9.17, 15) is 0 Å². The van der Waals surface area contributed by atoms with E-state index in [1.54, 1.807) is 17.6 Å². The first-order valence-electron chi connectivity index (χ1n) is 6.57. The van der Waals surface area contributed by atoms with Gasteiger partial charge in [0.2, 0.25) is 11.6 Å². The Hall–Kier alpha value is -2.91. The highest BCUT2D eigenvalue weighted by Gasteiger charge is 2.13. The second-order valence-electron chi connectivity index (χ2n) is 4.51. The monoisotopic (exact) mass is 308 g/mol. The minimum absolute atomic E-state index is 0.180. The van der Waals surface area contributed by atoms with Gasteiger partial charge in [0.1, 0.15) is 6.07 Å². The lowest BCUT2D eigenvalue weighted by Gasteiger charge is -1.95. The van der Waals surface area contributed by atoms with Gasteiger partial charge in [0.05, 0.1) is 6.21 Å². The Morgan fingerprint density at radius 1 is 1.32 bits per heavy atom. The number of hydrazone groups is 1. The Labute approximate surface area is 131 Å². The molecule has 0 saturated carbocycles. The van der Waals surface area contributed by atoms with Crippen molar-refractivity contribution < 1.29 is 4.42 Å². The molecular formula is C16H12N4OS. The van der Waals surface area contributed by atoms with Gasteiger partial charge >= 0.3 is 0 Å². The molecule has 0 fully saturated rings. The molecule has 0 aliphatic heterocycles. The van der Waals surface area contributed by atoms with Crippen LogP contribution < -0.4 is 5.43 Å². The second-order valence-corrected chi connectivity index (χ2v) is 5.46. The third kappa shape index (κ3) is 2.90. The summed E-state index contributed by atoms with van der Waals surface area (Å²) in [5.41, 5.74) is 4.89. The van der Waals surface area contributed by atoms with E-state index >= 15 is 0 Å². The van der Waals surface area contributed by atoms with Gasteiger partial charge in [-0.2, -0.15) is 15.3 Å². The van der Waals surface area contributed by atoms with Crippen molar-refractivity contribution in [1.82, 2.24) is 4.98 Å². The number of oxazole rings is 1. The minimum Gasteiger partial charge on any atom is -0.417 e. The third-order valence-electron chi connectivity index (χ3n) is 3.00. The molecule has 108 valence electrons. The van der Waals surface area contributed by atoms with Crippen molar-refractivity contribution in [2.24, 2.45) is 5.10 Å². The van der Waals surface area contributed by atoms with Gasteiger partial charge in [0, 0.05) is 10.4 Å². The Balaban J connectivity index is 1.82. The molecule has 6 heteroatoms. The Morgan fingerprint density at radius 2 is 2.14 bits per heavy atom. The third-order valence-corrected chi connectivity index (χ3v) is 3.96. The average molecular weight is 308 g/mol. The van der Waals surface area contributed by atoms with Gasteiger partial charge in [-0.1, -0.05) is 18.2 Å². The summed E-state index contributed by atoms with van der Waals surface area (Å²) < 4.78 is 5.59. The number of anilines is 1. The molecule has 3 rings (SSSR count). The van der Waals surface area contributed by atoms with Gasteiger partial charge in [-0.3, -0.25) is 0 Å². The number of nitrogens with one attached hydrogen (secondary N) is 1. The van der Waals surface area contributed by atoms with Gasteiger partial charge in [0.15, 0.2) is 0 Å². The van der Waals surface area contributed by atoms with Crippen LogP contribution in [0.15, 0.2) is 51.3 Å². The Bertz CT molecular complexity index is 843. The summed E-state index contributed by atoms with van der Waals surface area (Å²) >= 11 is 1.60.